The first kappa shape index (κ1) is 22.5. The van der Waals surface area contributed by atoms with Crippen LogP contribution in [0, 0.1) is 0 Å². The molecule has 0 aliphatic carbocycles. The van der Waals surface area contributed by atoms with Gasteiger partial charge >= 0.3 is 0 Å². The molecule has 0 saturated carbocycles. The van der Waals surface area contributed by atoms with Crippen molar-refractivity contribution in [2.75, 3.05) is 14.2 Å². The lowest BCUT2D eigenvalue weighted by molar-refractivity contribution is -0.116. The van der Waals surface area contributed by atoms with Gasteiger partial charge in [0.05, 0.1) is 20.5 Å². The lowest BCUT2D eigenvalue weighted by atomic mass is 9.98. The molecule has 0 unspecified atom stereocenters. The van der Waals surface area contributed by atoms with Crippen LogP contribution in [0.4, 0.5) is 0 Å². The Morgan fingerprint density at radius 1 is 1.00 bits per heavy atom. The third-order valence-corrected chi connectivity index (χ3v) is 5.84. The summed E-state index contributed by atoms with van der Waals surface area (Å²) in [4.78, 5) is 12.6. The summed E-state index contributed by atoms with van der Waals surface area (Å²) in [6.07, 6.45) is 3.27. The van der Waals surface area contributed by atoms with Crippen molar-refractivity contribution >= 4 is 34.1 Å². The molecular weight excluding hydrogens is 438 g/mol. The Morgan fingerprint density at radius 2 is 1.73 bits per heavy atom. The number of amides is 1. The van der Waals surface area contributed by atoms with E-state index in [0.717, 1.165) is 39.0 Å². The Kier molecular flexibility index (Phi) is 6.71. The molecule has 0 fully saturated rings. The van der Waals surface area contributed by atoms with Crippen LogP contribution in [0.2, 0.25) is 5.02 Å². The van der Waals surface area contributed by atoms with Gasteiger partial charge in [-0.2, -0.15) is 0 Å². The summed E-state index contributed by atoms with van der Waals surface area (Å²) in [5.41, 5.74) is 4.94. The molecule has 0 aliphatic rings. The zero-order valence-electron chi connectivity index (χ0n) is 18.6. The molecular formula is C27H24ClNO4. The number of carbonyl (C=O) groups excluding carboxylic acids is 1. The molecule has 1 N–H and O–H groups in total. The molecule has 5 nitrogen and oxygen atoms in total. The average Bonchev–Trinajstić information content (AvgIpc) is 3.25. The molecule has 1 aromatic heterocycles. The average molecular weight is 462 g/mol. The number of benzene rings is 3. The van der Waals surface area contributed by atoms with Crippen molar-refractivity contribution in [1.29, 1.82) is 0 Å². The monoisotopic (exact) mass is 461 g/mol. The van der Waals surface area contributed by atoms with Crippen molar-refractivity contribution in [2.24, 2.45) is 0 Å². The molecule has 0 bridgehead atoms. The number of fused-ring (bicyclic) bond motifs is 1. The third kappa shape index (κ3) is 4.73. The first-order chi connectivity index (χ1) is 16.0. The fourth-order valence-electron chi connectivity index (χ4n) is 3.76. The van der Waals surface area contributed by atoms with Crippen molar-refractivity contribution < 1.29 is 18.7 Å². The summed E-state index contributed by atoms with van der Waals surface area (Å²) in [5, 5.41) is 4.41. The highest BCUT2D eigenvalue weighted by Crippen LogP contribution is 2.40. The zero-order valence-corrected chi connectivity index (χ0v) is 19.4. The van der Waals surface area contributed by atoms with E-state index in [9.17, 15) is 4.79 Å². The van der Waals surface area contributed by atoms with Gasteiger partial charge in [0, 0.05) is 45.8 Å². The van der Waals surface area contributed by atoms with Crippen molar-refractivity contribution in [3.63, 3.8) is 0 Å². The third-order valence-electron chi connectivity index (χ3n) is 5.48. The molecule has 168 valence electrons. The second-order valence-electron chi connectivity index (χ2n) is 7.53. The molecule has 0 atom stereocenters. The molecule has 1 heterocycles. The standard InChI is InChI=1S/C27H24ClNO4/c1-17(12-27(30)29-15-18-8-4-6-10-23(18)28)20-13-21-22(16-33-26(21)14-25(20)32-3)19-9-5-7-11-24(19)31-2/h4-14,16H,15H2,1-3H3,(H,29,30)/b17-12+. The van der Waals surface area contributed by atoms with Crippen LogP contribution < -0.4 is 14.8 Å². The van der Waals surface area contributed by atoms with Crippen LogP contribution in [0.1, 0.15) is 18.1 Å². The van der Waals surface area contributed by atoms with Gasteiger partial charge in [0.15, 0.2) is 0 Å². The maximum Gasteiger partial charge on any atom is 0.244 e. The molecule has 3 aromatic carbocycles. The van der Waals surface area contributed by atoms with Gasteiger partial charge < -0.3 is 19.2 Å². The van der Waals surface area contributed by atoms with E-state index in [0.29, 0.717) is 22.9 Å². The maximum atomic E-state index is 12.6. The van der Waals surface area contributed by atoms with Crippen LogP contribution in [-0.2, 0) is 11.3 Å². The van der Waals surface area contributed by atoms with Crippen LogP contribution in [0.15, 0.2) is 77.4 Å². The van der Waals surface area contributed by atoms with Gasteiger partial charge in [-0.15, -0.1) is 0 Å². The van der Waals surface area contributed by atoms with Gasteiger partial charge in [0.25, 0.3) is 0 Å². The van der Waals surface area contributed by atoms with Crippen LogP contribution in [0.3, 0.4) is 0 Å². The zero-order chi connectivity index (χ0) is 23.4. The van der Waals surface area contributed by atoms with Crippen LogP contribution in [0.5, 0.6) is 11.5 Å². The summed E-state index contributed by atoms with van der Waals surface area (Å²) in [6, 6.07) is 19.0. The molecule has 0 aliphatic heterocycles. The molecule has 0 saturated heterocycles. The number of ether oxygens (including phenoxy) is 2. The summed E-state index contributed by atoms with van der Waals surface area (Å²) in [7, 11) is 3.24. The Labute approximate surface area is 197 Å². The van der Waals surface area contributed by atoms with Gasteiger partial charge in [-0.1, -0.05) is 48.0 Å². The molecule has 0 spiro atoms. The number of allylic oxidation sites excluding steroid dienone is 1. The summed E-state index contributed by atoms with van der Waals surface area (Å²) < 4.78 is 16.9. The second kappa shape index (κ2) is 9.84. The number of furan rings is 1. The topological polar surface area (TPSA) is 60.7 Å². The van der Waals surface area contributed by atoms with E-state index in [2.05, 4.69) is 5.32 Å². The van der Waals surface area contributed by atoms with Gasteiger partial charge in [0.2, 0.25) is 5.91 Å². The van der Waals surface area contributed by atoms with E-state index >= 15 is 0 Å². The quantitative estimate of drug-likeness (QED) is 0.319. The lowest BCUT2D eigenvalue weighted by Crippen LogP contribution is -2.20. The molecule has 1 amide bonds. The van der Waals surface area contributed by atoms with E-state index in [4.69, 9.17) is 25.5 Å². The highest BCUT2D eigenvalue weighted by molar-refractivity contribution is 6.31. The maximum absolute atomic E-state index is 12.6. The molecule has 0 radical (unpaired) electrons. The Morgan fingerprint density at radius 3 is 2.48 bits per heavy atom. The van der Waals surface area contributed by atoms with E-state index in [-0.39, 0.29) is 5.91 Å². The van der Waals surface area contributed by atoms with E-state index in [1.807, 2.05) is 61.5 Å². The highest BCUT2D eigenvalue weighted by Gasteiger charge is 2.17. The van der Waals surface area contributed by atoms with E-state index < -0.39 is 0 Å². The van der Waals surface area contributed by atoms with Crippen molar-refractivity contribution in [1.82, 2.24) is 5.32 Å². The minimum Gasteiger partial charge on any atom is -0.496 e. The number of nitrogens with one attached hydrogen (secondary N) is 1. The summed E-state index contributed by atoms with van der Waals surface area (Å²) in [5.74, 6) is 1.16. The SMILES string of the molecule is COc1cc2occ(-c3ccccc3OC)c2cc1/C(C)=C/C(=O)NCc1ccccc1Cl. The number of hydrogen-bond donors (Lipinski definition) is 1. The largest absolute Gasteiger partial charge is 0.496 e. The fourth-order valence-corrected chi connectivity index (χ4v) is 3.96. The van der Waals surface area contributed by atoms with Crippen molar-refractivity contribution in [2.45, 2.75) is 13.5 Å². The number of para-hydroxylation sites is 1. The highest BCUT2D eigenvalue weighted by atomic mass is 35.5. The number of methoxy groups -OCH3 is 2. The van der Waals surface area contributed by atoms with Crippen LogP contribution in [-0.4, -0.2) is 20.1 Å². The van der Waals surface area contributed by atoms with Gasteiger partial charge in [0.1, 0.15) is 17.1 Å². The lowest BCUT2D eigenvalue weighted by Gasteiger charge is -2.11. The Hall–Kier alpha value is -3.70. The van der Waals surface area contributed by atoms with Crippen LogP contribution >= 0.6 is 11.6 Å². The minimum absolute atomic E-state index is 0.216. The fraction of sp³-hybridized carbons (Fsp3) is 0.148. The summed E-state index contributed by atoms with van der Waals surface area (Å²) >= 11 is 6.18. The molecule has 33 heavy (non-hydrogen) atoms. The van der Waals surface area contributed by atoms with E-state index in [1.165, 1.54) is 0 Å². The van der Waals surface area contributed by atoms with Gasteiger partial charge in [-0.3, -0.25) is 4.79 Å². The predicted molar refractivity (Wildman–Crippen MR) is 132 cm³/mol. The van der Waals surface area contributed by atoms with E-state index in [1.54, 1.807) is 32.6 Å². The second-order valence-corrected chi connectivity index (χ2v) is 7.94. The van der Waals surface area contributed by atoms with Crippen molar-refractivity contribution in [3.05, 3.63) is 89.2 Å². The number of halogens is 1. The molecule has 4 rings (SSSR count). The first-order valence-corrected chi connectivity index (χ1v) is 10.8. The molecule has 4 aromatic rings. The van der Waals surface area contributed by atoms with Gasteiger partial charge in [-0.25, -0.2) is 0 Å². The minimum atomic E-state index is -0.216. The molecule has 6 heteroatoms. The number of hydrogen-bond acceptors (Lipinski definition) is 4. The Bertz CT molecular complexity index is 1340. The normalized spacial score (nSPS) is 11.5. The Balaban J connectivity index is 1.67. The number of rotatable bonds is 7. The predicted octanol–water partition coefficient (Wildman–Crippen LogP) is 6.49. The smallest absolute Gasteiger partial charge is 0.244 e. The van der Waals surface area contributed by atoms with Gasteiger partial charge in [-0.05, 0) is 36.3 Å². The summed E-state index contributed by atoms with van der Waals surface area (Å²) in [6.45, 7) is 2.22. The van der Waals surface area contributed by atoms with Crippen LogP contribution in [0.25, 0.3) is 27.7 Å². The first-order valence-electron chi connectivity index (χ1n) is 10.4. The van der Waals surface area contributed by atoms with Crippen molar-refractivity contribution in [3.8, 4) is 22.6 Å². The number of carbonyl (C=O) groups is 1.